The number of benzene rings is 2. The van der Waals surface area contributed by atoms with E-state index in [0.717, 1.165) is 12.8 Å². The molecule has 0 saturated carbocycles. The molecule has 3 heterocycles. The summed E-state index contributed by atoms with van der Waals surface area (Å²) in [6, 6.07) is 13.5. The average molecular weight is 496 g/mol. The van der Waals surface area contributed by atoms with Gasteiger partial charge >= 0.3 is 0 Å². The van der Waals surface area contributed by atoms with Crippen LogP contribution in [0.25, 0.3) is 11.3 Å². The van der Waals surface area contributed by atoms with Gasteiger partial charge in [-0.3, -0.25) is 4.79 Å². The number of amides is 1. The molecule has 8 nitrogen and oxygen atoms in total. The summed E-state index contributed by atoms with van der Waals surface area (Å²) in [6.45, 7) is 3.62. The van der Waals surface area contributed by atoms with Gasteiger partial charge in [-0.05, 0) is 43.2 Å². The number of anilines is 1. The highest BCUT2D eigenvalue weighted by atomic mass is 19.1. The Bertz CT molecular complexity index is 1190. The Labute approximate surface area is 209 Å². The summed E-state index contributed by atoms with van der Waals surface area (Å²) >= 11 is 0. The van der Waals surface area contributed by atoms with Gasteiger partial charge in [0.25, 0.3) is 5.91 Å². The zero-order chi connectivity index (χ0) is 24.9. The number of carbonyl (C=O) groups excluding carboxylic acids is 1. The molecule has 2 aliphatic heterocycles. The summed E-state index contributed by atoms with van der Waals surface area (Å²) < 4.78 is 37.4. The predicted octanol–water partition coefficient (Wildman–Crippen LogP) is 4.15. The second-order valence-corrected chi connectivity index (χ2v) is 8.95. The second kappa shape index (κ2) is 11.1. The maximum absolute atomic E-state index is 14.8. The molecule has 9 heteroatoms. The monoisotopic (exact) mass is 495 g/mol. The summed E-state index contributed by atoms with van der Waals surface area (Å²) in [6.07, 6.45) is 1.77. The number of morpholine rings is 1. The van der Waals surface area contributed by atoms with Gasteiger partial charge in [0.2, 0.25) is 5.88 Å². The van der Waals surface area contributed by atoms with Crippen molar-refractivity contribution >= 4 is 11.8 Å². The maximum atomic E-state index is 14.8. The third-order valence-corrected chi connectivity index (χ3v) is 6.60. The Morgan fingerprint density at radius 1 is 1.17 bits per heavy atom. The zero-order valence-corrected chi connectivity index (χ0v) is 20.3. The minimum Gasteiger partial charge on any atom is -0.497 e. The Kier molecular flexibility index (Phi) is 7.48. The molecule has 1 unspecified atom stereocenters. The third-order valence-electron chi connectivity index (χ3n) is 6.60. The zero-order valence-electron chi connectivity index (χ0n) is 20.3. The standard InChI is InChI=1S/C27H30FN3O5/c1-33-20-7-4-6-19(16-20)26(32)31(17-21-8-5-13-35-21)18-23-25(22-9-2-3-10-24(22)28)29-36-27(23)30-11-14-34-15-12-30/h2-4,6-7,9-10,16,21H,5,8,11-15,17-18H2,1H3. The van der Waals surface area contributed by atoms with Crippen LogP contribution in [0.15, 0.2) is 53.1 Å². The Morgan fingerprint density at radius 3 is 2.75 bits per heavy atom. The Hall–Kier alpha value is -3.43. The maximum Gasteiger partial charge on any atom is 0.254 e. The first kappa shape index (κ1) is 24.3. The molecule has 2 aliphatic rings. The van der Waals surface area contributed by atoms with Crippen molar-refractivity contribution in [2.45, 2.75) is 25.5 Å². The first-order valence-electron chi connectivity index (χ1n) is 12.2. The van der Waals surface area contributed by atoms with Crippen LogP contribution in [-0.2, 0) is 16.0 Å². The number of ether oxygens (including phenoxy) is 3. The molecule has 2 fully saturated rings. The molecular formula is C27H30FN3O5. The van der Waals surface area contributed by atoms with Gasteiger partial charge in [0.05, 0.1) is 38.5 Å². The minimum absolute atomic E-state index is 0.0665. The van der Waals surface area contributed by atoms with Crippen molar-refractivity contribution in [3.8, 4) is 17.0 Å². The number of halogens is 1. The molecule has 0 N–H and O–H groups in total. The van der Waals surface area contributed by atoms with Gasteiger partial charge < -0.3 is 28.5 Å². The first-order chi connectivity index (χ1) is 17.6. The summed E-state index contributed by atoms with van der Waals surface area (Å²) in [5, 5.41) is 4.28. The van der Waals surface area contributed by atoms with E-state index >= 15 is 0 Å². The molecule has 190 valence electrons. The topological polar surface area (TPSA) is 77.3 Å². The SMILES string of the molecule is COc1cccc(C(=O)N(Cc2c(-c3ccccc3F)noc2N2CCOCC2)CC2CCCO2)c1. The molecule has 5 rings (SSSR count). The van der Waals surface area contributed by atoms with E-state index in [2.05, 4.69) is 5.16 Å². The van der Waals surface area contributed by atoms with E-state index in [1.54, 1.807) is 54.5 Å². The number of nitrogens with zero attached hydrogens (tertiary/aromatic N) is 3. The highest BCUT2D eigenvalue weighted by Crippen LogP contribution is 2.35. The lowest BCUT2D eigenvalue weighted by Gasteiger charge is -2.29. The fourth-order valence-corrected chi connectivity index (χ4v) is 4.71. The molecule has 2 saturated heterocycles. The summed E-state index contributed by atoms with van der Waals surface area (Å²) in [5.41, 5.74) is 1.90. The predicted molar refractivity (Wildman–Crippen MR) is 132 cm³/mol. The molecule has 0 radical (unpaired) electrons. The highest BCUT2D eigenvalue weighted by molar-refractivity contribution is 5.94. The van der Waals surface area contributed by atoms with Crippen LogP contribution in [-0.4, -0.2) is 68.6 Å². The molecule has 36 heavy (non-hydrogen) atoms. The van der Waals surface area contributed by atoms with Crippen LogP contribution in [0.5, 0.6) is 5.75 Å². The van der Waals surface area contributed by atoms with Crippen LogP contribution in [0.3, 0.4) is 0 Å². The van der Waals surface area contributed by atoms with E-state index in [1.165, 1.54) is 6.07 Å². The van der Waals surface area contributed by atoms with E-state index in [4.69, 9.17) is 18.7 Å². The second-order valence-electron chi connectivity index (χ2n) is 8.95. The lowest BCUT2D eigenvalue weighted by molar-refractivity contribution is 0.0507. The van der Waals surface area contributed by atoms with Crippen LogP contribution < -0.4 is 9.64 Å². The van der Waals surface area contributed by atoms with Crippen LogP contribution in [0.4, 0.5) is 10.3 Å². The first-order valence-corrected chi connectivity index (χ1v) is 12.2. The van der Waals surface area contributed by atoms with E-state index in [0.29, 0.717) is 73.5 Å². The van der Waals surface area contributed by atoms with E-state index in [1.807, 2.05) is 4.90 Å². The third kappa shape index (κ3) is 5.22. The van der Waals surface area contributed by atoms with E-state index < -0.39 is 5.82 Å². The van der Waals surface area contributed by atoms with Gasteiger partial charge in [-0.25, -0.2) is 4.39 Å². The number of hydrogen-bond acceptors (Lipinski definition) is 7. The number of aromatic nitrogens is 1. The van der Waals surface area contributed by atoms with Crippen molar-refractivity contribution in [1.29, 1.82) is 0 Å². The number of methoxy groups -OCH3 is 1. The van der Waals surface area contributed by atoms with E-state index in [9.17, 15) is 9.18 Å². The molecule has 1 amide bonds. The molecule has 0 spiro atoms. The molecule has 0 aliphatic carbocycles. The van der Waals surface area contributed by atoms with Crippen molar-refractivity contribution in [2.75, 3.05) is 51.5 Å². The summed E-state index contributed by atoms with van der Waals surface area (Å²) in [5.74, 6) is 0.569. The molecular weight excluding hydrogens is 465 g/mol. The summed E-state index contributed by atoms with van der Waals surface area (Å²) in [4.78, 5) is 17.6. The average Bonchev–Trinajstić information content (AvgIpc) is 3.59. The van der Waals surface area contributed by atoms with Crippen molar-refractivity contribution < 1.29 is 27.9 Å². The molecule has 1 atom stereocenters. The van der Waals surface area contributed by atoms with Crippen molar-refractivity contribution in [2.24, 2.45) is 0 Å². The van der Waals surface area contributed by atoms with Gasteiger partial charge in [0.15, 0.2) is 0 Å². The quantitative estimate of drug-likeness (QED) is 0.465. The number of hydrogen-bond donors (Lipinski definition) is 0. The Balaban J connectivity index is 1.54. The van der Waals surface area contributed by atoms with Crippen LogP contribution in [0.2, 0.25) is 0 Å². The van der Waals surface area contributed by atoms with Gasteiger partial charge in [-0.1, -0.05) is 23.4 Å². The lowest BCUT2D eigenvalue weighted by Crippen LogP contribution is -2.39. The van der Waals surface area contributed by atoms with Crippen molar-refractivity contribution in [1.82, 2.24) is 10.1 Å². The Morgan fingerprint density at radius 2 is 2.00 bits per heavy atom. The fourth-order valence-electron chi connectivity index (χ4n) is 4.71. The molecule has 3 aromatic rings. The van der Waals surface area contributed by atoms with Gasteiger partial charge in [-0.15, -0.1) is 0 Å². The van der Waals surface area contributed by atoms with Crippen molar-refractivity contribution in [3.05, 3.63) is 65.5 Å². The van der Waals surface area contributed by atoms with Crippen LogP contribution in [0, 0.1) is 5.82 Å². The lowest BCUT2D eigenvalue weighted by atomic mass is 10.0. The number of carbonyl (C=O) groups is 1. The van der Waals surface area contributed by atoms with E-state index in [-0.39, 0.29) is 18.6 Å². The van der Waals surface area contributed by atoms with Gasteiger partial charge in [-0.2, -0.15) is 0 Å². The normalized spacial score (nSPS) is 17.8. The minimum atomic E-state index is -0.398. The largest absolute Gasteiger partial charge is 0.497 e. The molecule has 2 aromatic carbocycles. The van der Waals surface area contributed by atoms with Gasteiger partial charge in [0.1, 0.15) is 17.3 Å². The number of rotatable bonds is 8. The van der Waals surface area contributed by atoms with Crippen LogP contribution in [0.1, 0.15) is 28.8 Å². The van der Waals surface area contributed by atoms with Crippen molar-refractivity contribution in [3.63, 3.8) is 0 Å². The molecule has 0 bridgehead atoms. The smallest absolute Gasteiger partial charge is 0.254 e. The van der Waals surface area contributed by atoms with Gasteiger partial charge in [0, 0.05) is 37.4 Å². The molecule has 1 aromatic heterocycles. The van der Waals surface area contributed by atoms with Crippen LogP contribution >= 0.6 is 0 Å². The highest BCUT2D eigenvalue weighted by Gasteiger charge is 2.30. The summed E-state index contributed by atoms with van der Waals surface area (Å²) in [7, 11) is 1.57. The fraction of sp³-hybridized carbons (Fsp3) is 0.407.